The van der Waals surface area contributed by atoms with Gasteiger partial charge in [0.1, 0.15) is 6.33 Å². The zero-order valence-corrected chi connectivity index (χ0v) is 15.5. The second-order valence-corrected chi connectivity index (χ2v) is 7.52. The molecule has 1 heterocycles. The molecule has 1 aromatic heterocycles. The van der Waals surface area contributed by atoms with E-state index in [-0.39, 0.29) is 5.91 Å². The number of hydrogen-bond donors (Lipinski definition) is 2. The van der Waals surface area contributed by atoms with E-state index in [2.05, 4.69) is 20.5 Å². The molecule has 0 saturated carbocycles. The number of rotatable bonds is 7. The van der Waals surface area contributed by atoms with Crippen molar-refractivity contribution in [3.63, 3.8) is 0 Å². The molecule has 3 rings (SSSR count). The Balaban J connectivity index is 1.45. The monoisotopic (exact) mass is 390 g/mol. The molecule has 0 aliphatic carbocycles. The fraction of sp³-hybridized carbons (Fsp3) is 0.118. The van der Waals surface area contributed by atoms with Crippen LogP contribution in [0.5, 0.6) is 0 Å². The molecule has 0 bridgehead atoms. The van der Waals surface area contributed by atoms with E-state index in [1.165, 1.54) is 18.1 Å². The highest BCUT2D eigenvalue weighted by atomic mass is 35.5. The van der Waals surface area contributed by atoms with Gasteiger partial charge >= 0.3 is 0 Å². The molecule has 2 aromatic carbocycles. The van der Waals surface area contributed by atoms with E-state index in [9.17, 15) is 4.79 Å². The van der Waals surface area contributed by atoms with Crippen LogP contribution in [0.25, 0.3) is 0 Å². The minimum atomic E-state index is -0.0382. The second kappa shape index (κ2) is 8.94. The van der Waals surface area contributed by atoms with Crippen LogP contribution < -0.4 is 5.32 Å². The molecule has 25 heavy (non-hydrogen) atoms. The number of nitrogens with one attached hydrogen (secondary N) is 2. The lowest BCUT2D eigenvalue weighted by molar-refractivity contribution is -0.113. The van der Waals surface area contributed by atoms with Crippen molar-refractivity contribution >= 4 is 46.7 Å². The van der Waals surface area contributed by atoms with Gasteiger partial charge in [0.15, 0.2) is 5.16 Å². The summed E-state index contributed by atoms with van der Waals surface area (Å²) in [6.07, 6.45) is 1.49. The lowest BCUT2D eigenvalue weighted by atomic mass is 10.2. The van der Waals surface area contributed by atoms with Gasteiger partial charge in [0.2, 0.25) is 5.91 Å². The lowest BCUT2D eigenvalue weighted by Gasteiger charge is -2.06. The summed E-state index contributed by atoms with van der Waals surface area (Å²) in [6, 6.07) is 15.2. The first-order chi connectivity index (χ1) is 12.2. The van der Waals surface area contributed by atoms with Crippen LogP contribution in [0.1, 0.15) is 5.56 Å². The van der Waals surface area contributed by atoms with E-state index in [1.807, 2.05) is 48.5 Å². The fourth-order valence-corrected chi connectivity index (χ4v) is 3.54. The van der Waals surface area contributed by atoms with Crippen LogP contribution in [0, 0.1) is 0 Å². The molecule has 0 fully saturated rings. The second-order valence-electron chi connectivity index (χ2n) is 5.07. The van der Waals surface area contributed by atoms with Crippen molar-refractivity contribution in [1.82, 2.24) is 15.2 Å². The highest BCUT2D eigenvalue weighted by molar-refractivity contribution is 8.00. The SMILES string of the molecule is O=C(CSc1ccc(Cl)cc1)Nc1ccc(CSc2ncn[nH]2)cc1. The average Bonchev–Trinajstić information content (AvgIpc) is 3.14. The van der Waals surface area contributed by atoms with Crippen molar-refractivity contribution in [1.29, 1.82) is 0 Å². The Labute approximate surface area is 159 Å². The molecule has 5 nitrogen and oxygen atoms in total. The van der Waals surface area contributed by atoms with Crippen molar-refractivity contribution in [2.75, 3.05) is 11.1 Å². The maximum Gasteiger partial charge on any atom is 0.234 e. The number of carbonyl (C=O) groups excluding carboxylic acids is 1. The molecular weight excluding hydrogens is 376 g/mol. The number of halogens is 1. The molecule has 0 spiro atoms. The number of H-pyrrole nitrogens is 1. The minimum absolute atomic E-state index is 0.0382. The van der Waals surface area contributed by atoms with Crippen LogP contribution in [-0.2, 0) is 10.5 Å². The number of amides is 1. The predicted octanol–water partition coefficient (Wildman–Crippen LogP) is 4.48. The third-order valence-corrected chi connectivity index (χ3v) is 5.40. The Morgan fingerprint density at radius 3 is 2.52 bits per heavy atom. The zero-order valence-electron chi connectivity index (χ0n) is 13.1. The maximum atomic E-state index is 12.0. The van der Waals surface area contributed by atoms with Crippen molar-refractivity contribution in [3.8, 4) is 0 Å². The molecule has 8 heteroatoms. The molecular formula is C17H15ClN4OS2. The Morgan fingerprint density at radius 1 is 1.08 bits per heavy atom. The number of aromatic nitrogens is 3. The Morgan fingerprint density at radius 2 is 1.84 bits per heavy atom. The summed E-state index contributed by atoms with van der Waals surface area (Å²) in [5.41, 5.74) is 1.94. The van der Waals surface area contributed by atoms with Gasteiger partial charge in [0, 0.05) is 21.4 Å². The summed E-state index contributed by atoms with van der Waals surface area (Å²) >= 11 is 8.90. The van der Waals surface area contributed by atoms with E-state index in [0.717, 1.165) is 27.1 Å². The first kappa shape index (κ1) is 17.8. The summed E-state index contributed by atoms with van der Waals surface area (Å²) in [7, 11) is 0. The van der Waals surface area contributed by atoms with E-state index >= 15 is 0 Å². The first-order valence-electron chi connectivity index (χ1n) is 7.44. The molecule has 3 aromatic rings. The molecule has 2 N–H and O–H groups in total. The van der Waals surface area contributed by atoms with Crippen molar-refractivity contribution < 1.29 is 4.79 Å². The van der Waals surface area contributed by atoms with Crippen LogP contribution in [0.15, 0.2) is 64.9 Å². The number of anilines is 1. The van der Waals surface area contributed by atoms with E-state index in [0.29, 0.717) is 10.8 Å². The molecule has 0 radical (unpaired) electrons. The van der Waals surface area contributed by atoms with Crippen LogP contribution in [0.3, 0.4) is 0 Å². The van der Waals surface area contributed by atoms with E-state index < -0.39 is 0 Å². The van der Waals surface area contributed by atoms with Gasteiger partial charge in [-0.1, -0.05) is 35.5 Å². The van der Waals surface area contributed by atoms with Crippen molar-refractivity contribution in [2.24, 2.45) is 0 Å². The van der Waals surface area contributed by atoms with Gasteiger partial charge in [-0.2, -0.15) is 5.10 Å². The van der Waals surface area contributed by atoms with Gasteiger partial charge in [-0.25, -0.2) is 4.98 Å². The van der Waals surface area contributed by atoms with Crippen LogP contribution >= 0.6 is 35.1 Å². The van der Waals surface area contributed by atoms with Crippen LogP contribution in [0.2, 0.25) is 5.02 Å². The molecule has 0 aliphatic rings. The third-order valence-electron chi connectivity index (χ3n) is 3.19. The largest absolute Gasteiger partial charge is 0.325 e. The number of nitrogens with zero attached hydrogens (tertiary/aromatic N) is 2. The summed E-state index contributed by atoms with van der Waals surface area (Å²) in [5.74, 6) is 1.10. The number of hydrogen-bond acceptors (Lipinski definition) is 5. The van der Waals surface area contributed by atoms with Gasteiger partial charge < -0.3 is 5.32 Å². The summed E-state index contributed by atoms with van der Waals surface area (Å²) in [4.78, 5) is 17.1. The Hall–Kier alpha value is -1.96. The third kappa shape index (κ3) is 5.81. The highest BCUT2D eigenvalue weighted by Gasteiger charge is 2.05. The highest BCUT2D eigenvalue weighted by Crippen LogP contribution is 2.22. The number of carbonyl (C=O) groups is 1. The van der Waals surface area contributed by atoms with E-state index in [4.69, 9.17) is 11.6 Å². The average molecular weight is 391 g/mol. The standard InChI is InChI=1S/C17H15ClN4OS2/c18-13-3-7-15(8-4-13)24-10-16(23)21-14-5-1-12(2-6-14)9-25-17-19-11-20-22-17/h1-8,11H,9-10H2,(H,21,23)(H,19,20,22). The first-order valence-corrected chi connectivity index (χ1v) is 9.79. The predicted molar refractivity (Wildman–Crippen MR) is 103 cm³/mol. The summed E-state index contributed by atoms with van der Waals surface area (Å²) in [6.45, 7) is 0. The molecule has 0 unspecified atom stereocenters. The van der Waals surface area contributed by atoms with Crippen LogP contribution in [-0.4, -0.2) is 26.8 Å². The normalized spacial score (nSPS) is 10.6. The number of thioether (sulfide) groups is 2. The number of aromatic amines is 1. The van der Waals surface area contributed by atoms with Gasteiger partial charge in [0.25, 0.3) is 0 Å². The zero-order chi connectivity index (χ0) is 17.5. The van der Waals surface area contributed by atoms with Gasteiger partial charge in [0.05, 0.1) is 5.75 Å². The minimum Gasteiger partial charge on any atom is -0.325 e. The maximum absolute atomic E-state index is 12.0. The Bertz CT molecular complexity index is 808. The molecule has 0 aliphatic heterocycles. The van der Waals surface area contributed by atoms with Crippen molar-refractivity contribution in [3.05, 3.63) is 65.4 Å². The Kier molecular flexibility index (Phi) is 6.38. The van der Waals surface area contributed by atoms with E-state index in [1.54, 1.807) is 11.8 Å². The smallest absolute Gasteiger partial charge is 0.234 e. The van der Waals surface area contributed by atoms with Crippen LogP contribution in [0.4, 0.5) is 5.69 Å². The molecule has 1 amide bonds. The molecule has 0 saturated heterocycles. The molecule has 128 valence electrons. The van der Waals surface area contributed by atoms with Gasteiger partial charge in [-0.05, 0) is 42.0 Å². The van der Waals surface area contributed by atoms with Crippen molar-refractivity contribution in [2.45, 2.75) is 15.8 Å². The number of benzene rings is 2. The summed E-state index contributed by atoms with van der Waals surface area (Å²) < 4.78 is 0. The van der Waals surface area contributed by atoms with Gasteiger partial charge in [-0.3, -0.25) is 9.89 Å². The fourth-order valence-electron chi connectivity index (χ4n) is 1.98. The molecule has 0 atom stereocenters. The quantitative estimate of drug-likeness (QED) is 0.582. The lowest BCUT2D eigenvalue weighted by Crippen LogP contribution is -2.13. The van der Waals surface area contributed by atoms with Gasteiger partial charge in [-0.15, -0.1) is 11.8 Å². The topological polar surface area (TPSA) is 70.7 Å². The summed E-state index contributed by atoms with van der Waals surface area (Å²) in [5, 5.41) is 11.0.